The molecule has 0 aliphatic carbocycles. The molecule has 148 valence electrons. The summed E-state index contributed by atoms with van der Waals surface area (Å²) in [6.07, 6.45) is -0.155. The third-order valence-corrected chi connectivity index (χ3v) is 4.68. The first-order valence-electron chi connectivity index (χ1n) is 8.93. The number of methoxy groups -OCH3 is 2. The molecule has 0 aromatic heterocycles. The number of nitrogens with zero attached hydrogens (tertiary/aromatic N) is 1. The number of esters is 1. The molecule has 2 aromatic carbocycles. The summed E-state index contributed by atoms with van der Waals surface area (Å²) in [7, 11) is 2.83. The highest BCUT2D eigenvalue weighted by Gasteiger charge is 2.41. The van der Waals surface area contributed by atoms with Crippen molar-refractivity contribution >= 4 is 11.9 Å². The molecular weight excluding hydrogens is 365 g/mol. The fourth-order valence-electron chi connectivity index (χ4n) is 3.30. The minimum absolute atomic E-state index is 0.0956. The van der Waals surface area contributed by atoms with Crippen molar-refractivity contribution in [3.05, 3.63) is 59.9 Å². The quantitative estimate of drug-likeness (QED) is 0.713. The SMILES string of the molecule is COC(=O)[C@H]1C[C@@H](Oc2ccccc2F)CN1C(=O)Cc1cccc(OC)c1. The maximum Gasteiger partial charge on any atom is 0.328 e. The highest BCUT2D eigenvalue weighted by atomic mass is 19.1. The third-order valence-electron chi connectivity index (χ3n) is 4.68. The Balaban J connectivity index is 1.74. The summed E-state index contributed by atoms with van der Waals surface area (Å²) in [6, 6.07) is 12.5. The number of para-hydroxylation sites is 1. The van der Waals surface area contributed by atoms with E-state index in [4.69, 9.17) is 14.2 Å². The first-order valence-corrected chi connectivity index (χ1v) is 8.93. The van der Waals surface area contributed by atoms with Crippen molar-refractivity contribution in [2.45, 2.75) is 25.0 Å². The van der Waals surface area contributed by atoms with E-state index in [9.17, 15) is 14.0 Å². The molecule has 3 rings (SSSR count). The largest absolute Gasteiger partial charge is 0.497 e. The van der Waals surface area contributed by atoms with Crippen LogP contribution in [0.1, 0.15) is 12.0 Å². The normalized spacial score (nSPS) is 18.6. The first kappa shape index (κ1) is 19.7. The van der Waals surface area contributed by atoms with Gasteiger partial charge in [0, 0.05) is 6.42 Å². The number of carbonyl (C=O) groups is 2. The number of hydrogen-bond donors (Lipinski definition) is 0. The number of halogens is 1. The molecule has 0 N–H and O–H groups in total. The molecule has 0 unspecified atom stereocenters. The Hall–Kier alpha value is -3.09. The molecule has 0 bridgehead atoms. The maximum atomic E-state index is 13.9. The lowest BCUT2D eigenvalue weighted by Crippen LogP contribution is -2.42. The van der Waals surface area contributed by atoms with Crippen LogP contribution in [0.4, 0.5) is 4.39 Å². The Morgan fingerprint density at radius 1 is 1.14 bits per heavy atom. The van der Waals surface area contributed by atoms with Crippen LogP contribution in [-0.2, 0) is 20.7 Å². The number of ether oxygens (including phenoxy) is 3. The molecule has 1 aliphatic heterocycles. The molecule has 0 radical (unpaired) electrons. The van der Waals surface area contributed by atoms with Crippen LogP contribution in [0.5, 0.6) is 11.5 Å². The van der Waals surface area contributed by atoms with Gasteiger partial charge in [0.2, 0.25) is 5.91 Å². The minimum atomic E-state index is -0.764. The van der Waals surface area contributed by atoms with E-state index in [2.05, 4.69) is 0 Å². The van der Waals surface area contributed by atoms with E-state index in [1.807, 2.05) is 6.07 Å². The molecule has 1 aliphatic rings. The predicted octanol–water partition coefficient (Wildman–Crippen LogP) is 2.60. The van der Waals surface area contributed by atoms with Gasteiger partial charge in [-0.15, -0.1) is 0 Å². The second kappa shape index (κ2) is 8.73. The van der Waals surface area contributed by atoms with Crippen LogP contribution in [-0.4, -0.2) is 49.7 Å². The van der Waals surface area contributed by atoms with E-state index >= 15 is 0 Å². The van der Waals surface area contributed by atoms with Crippen molar-refractivity contribution in [3.8, 4) is 11.5 Å². The lowest BCUT2D eigenvalue weighted by atomic mass is 10.1. The van der Waals surface area contributed by atoms with E-state index in [1.165, 1.54) is 24.1 Å². The van der Waals surface area contributed by atoms with E-state index < -0.39 is 23.9 Å². The second-order valence-electron chi connectivity index (χ2n) is 6.52. The number of amides is 1. The summed E-state index contributed by atoms with van der Waals surface area (Å²) >= 11 is 0. The van der Waals surface area contributed by atoms with Crippen molar-refractivity contribution < 1.29 is 28.2 Å². The third kappa shape index (κ3) is 4.42. The molecule has 1 fully saturated rings. The van der Waals surface area contributed by atoms with Crippen LogP contribution in [0, 0.1) is 5.82 Å². The number of rotatable bonds is 6. The molecule has 0 saturated carbocycles. The fraction of sp³-hybridized carbons (Fsp3) is 0.333. The molecule has 1 saturated heterocycles. The minimum Gasteiger partial charge on any atom is -0.497 e. The Labute approximate surface area is 162 Å². The average molecular weight is 387 g/mol. The van der Waals surface area contributed by atoms with Gasteiger partial charge in [0.1, 0.15) is 17.9 Å². The van der Waals surface area contributed by atoms with Crippen LogP contribution in [0.2, 0.25) is 0 Å². The van der Waals surface area contributed by atoms with Crippen molar-refractivity contribution in [1.82, 2.24) is 4.90 Å². The number of hydrogen-bond acceptors (Lipinski definition) is 5. The van der Waals surface area contributed by atoms with Crippen LogP contribution in [0.3, 0.4) is 0 Å². The Bertz CT molecular complexity index is 856. The van der Waals surface area contributed by atoms with E-state index in [-0.39, 0.29) is 31.0 Å². The lowest BCUT2D eigenvalue weighted by molar-refractivity contribution is -0.150. The highest BCUT2D eigenvalue weighted by Crippen LogP contribution is 2.26. The molecular formula is C21H22FNO5. The number of likely N-dealkylation sites (tertiary alicyclic amines) is 1. The van der Waals surface area contributed by atoms with Crippen LogP contribution < -0.4 is 9.47 Å². The van der Waals surface area contributed by atoms with Crippen LogP contribution in [0.25, 0.3) is 0 Å². The smallest absolute Gasteiger partial charge is 0.328 e. The van der Waals surface area contributed by atoms with Crippen molar-refractivity contribution in [3.63, 3.8) is 0 Å². The van der Waals surface area contributed by atoms with Crippen molar-refractivity contribution in [1.29, 1.82) is 0 Å². The predicted molar refractivity (Wildman–Crippen MR) is 99.6 cm³/mol. The van der Waals surface area contributed by atoms with Gasteiger partial charge in [-0.25, -0.2) is 9.18 Å². The summed E-state index contributed by atoms with van der Waals surface area (Å²) < 4.78 is 29.6. The van der Waals surface area contributed by atoms with Gasteiger partial charge in [0.05, 0.1) is 27.2 Å². The Morgan fingerprint density at radius 2 is 1.93 bits per heavy atom. The molecule has 1 amide bonds. The first-order chi connectivity index (χ1) is 13.5. The van der Waals surface area contributed by atoms with Gasteiger partial charge in [-0.3, -0.25) is 4.79 Å². The summed E-state index contributed by atoms with van der Waals surface area (Å²) in [4.78, 5) is 26.5. The zero-order valence-electron chi connectivity index (χ0n) is 15.8. The second-order valence-corrected chi connectivity index (χ2v) is 6.52. The Morgan fingerprint density at radius 3 is 2.64 bits per heavy atom. The van der Waals surface area contributed by atoms with Crippen molar-refractivity contribution in [2.24, 2.45) is 0 Å². The van der Waals surface area contributed by atoms with Crippen molar-refractivity contribution in [2.75, 3.05) is 20.8 Å². The number of benzene rings is 2. The molecule has 28 heavy (non-hydrogen) atoms. The zero-order chi connectivity index (χ0) is 20.1. The molecule has 2 aromatic rings. The maximum absolute atomic E-state index is 13.9. The zero-order valence-corrected chi connectivity index (χ0v) is 15.8. The topological polar surface area (TPSA) is 65.1 Å². The molecule has 7 heteroatoms. The van der Waals surface area contributed by atoms with Gasteiger partial charge in [0.25, 0.3) is 0 Å². The summed E-state index contributed by atoms with van der Waals surface area (Å²) in [6.45, 7) is 0.177. The molecule has 0 spiro atoms. The fourth-order valence-corrected chi connectivity index (χ4v) is 3.30. The van der Waals surface area contributed by atoms with Gasteiger partial charge in [-0.05, 0) is 29.8 Å². The number of carbonyl (C=O) groups excluding carboxylic acids is 2. The van der Waals surface area contributed by atoms with Gasteiger partial charge in [-0.2, -0.15) is 0 Å². The van der Waals surface area contributed by atoms with Gasteiger partial charge < -0.3 is 19.1 Å². The van der Waals surface area contributed by atoms with E-state index in [0.717, 1.165) is 5.56 Å². The van der Waals surface area contributed by atoms with E-state index in [1.54, 1.807) is 37.4 Å². The average Bonchev–Trinajstić information content (AvgIpc) is 3.13. The standard InChI is InChI=1S/C21H22FNO5/c1-26-15-7-5-6-14(10-15)11-20(24)23-13-16(12-18(23)21(25)27-2)28-19-9-4-3-8-17(19)22/h3-10,16,18H,11-13H2,1-2H3/t16-,18-/m1/s1. The van der Waals surface area contributed by atoms with Gasteiger partial charge in [0.15, 0.2) is 11.6 Å². The Kier molecular flexibility index (Phi) is 6.13. The lowest BCUT2D eigenvalue weighted by Gasteiger charge is -2.22. The molecule has 2 atom stereocenters. The summed E-state index contributed by atoms with van der Waals surface area (Å²) in [5.41, 5.74) is 0.770. The summed E-state index contributed by atoms with van der Waals surface area (Å²) in [5, 5.41) is 0. The highest BCUT2D eigenvalue weighted by molar-refractivity contribution is 5.86. The van der Waals surface area contributed by atoms with Crippen LogP contribution >= 0.6 is 0 Å². The molecule has 6 nitrogen and oxygen atoms in total. The van der Waals surface area contributed by atoms with Crippen LogP contribution in [0.15, 0.2) is 48.5 Å². The van der Waals surface area contributed by atoms with Gasteiger partial charge >= 0.3 is 5.97 Å². The molecule has 1 heterocycles. The monoisotopic (exact) mass is 387 g/mol. The van der Waals surface area contributed by atoms with E-state index in [0.29, 0.717) is 5.75 Å². The summed E-state index contributed by atoms with van der Waals surface area (Å²) in [5.74, 6) is -0.490. The van der Waals surface area contributed by atoms with Gasteiger partial charge in [-0.1, -0.05) is 24.3 Å².